The highest BCUT2D eigenvalue weighted by molar-refractivity contribution is 5.93. The molecule has 0 aliphatic heterocycles. The summed E-state index contributed by atoms with van der Waals surface area (Å²) in [6.45, 7) is -1.64. The lowest BCUT2D eigenvalue weighted by molar-refractivity contribution is -0.0503. The third-order valence-corrected chi connectivity index (χ3v) is 1.94. The number of hydrogen-bond donors (Lipinski definition) is 1. The highest BCUT2D eigenvalue weighted by Gasteiger charge is 2.17. The van der Waals surface area contributed by atoms with Crippen LogP contribution in [0.3, 0.4) is 0 Å². The number of carboxylic acid groups (broad SMARTS) is 1. The summed E-state index contributed by atoms with van der Waals surface area (Å²) < 4.78 is 28.0. The standard InChI is InChI=1S/C10H8F2O4/c1-5-2-7(9(14)15)8(16-10(11)12)3-6(5)4-13/h2-4,10H,1H3,(H,14,15). The summed E-state index contributed by atoms with van der Waals surface area (Å²) in [7, 11) is 0. The Kier molecular flexibility index (Phi) is 3.55. The van der Waals surface area contributed by atoms with Crippen LogP contribution in [0.2, 0.25) is 0 Å². The summed E-state index contributed by atoms with van der Waals surface area (Å²) in [6.07, 6.45) is 0.444. The van der Waals surface area contributed by atoms with Gasteiger partial charge < -0.3 is 9.84 Å². The van der Waals surface area contributed by atoms with Crippen molar-refractivity contribution in [1.29, 1.82) is 0 Å². The van der Waals surface area contributed by atoms with Crippen LogP contribution in [0.25, 0.3) is 0 Å². The van der Waals surface area contributed by atoms with E-state index in [-0.39, 0.29) is 5.56 Å². The number of rotatable bonds is 4. The quantitative estimate of drug-likeness (QED) is 0.804. The Morgan fingerprint density at radius 3 is 2.56 bits per heavy atom. The number of ether oxygens (including phenoxy) is 1. The maximum atomic E-state index is 12.0. The first-order valence-electron chi connectivity index (χ1n) is 4.23. The van der Waals surface area contributed by atoms with Gasteiger partial charge >= 0.3 is 12.6 Å². The van der Waals surface area contributed by atoms with Crippen LogP contribution in [0, 0.1) is 6.92 Å². The third-order valence-electron chi connectivity index (χ3n) is 1.94. The lowest BCUT2D eigenvalue weighted by Gasteiger charge is -2.10. The molecule has 16 heavy (non-hydrogen) atoms. The predicted octanol–water partition coefficient (Wildman–Crippen LogP) is 2.11. The molecule has 86 valence electrons. The fourth-order valence-electron chi connectivity index (χ4n) is 1.19. The number of aldehydes is 1. The molecule has 0 radical (unpaired) electrons. The van der Waals surface area contributed by atoms with Crippen molar-refractivity contribution in [3.05, 3.63) is 28.8 Å². The van der Waals surface area contributed by atoms with Crippen molar-refractivity contribution in [2.45, 2.75) is 13.5 Å². The van der Waals surface area contributed by atoms with Crippen LogP contribution in [0.5, 0.6) is 5.75 Å². The molecule has 0 atom stereocenters. The average Bonchev–Trinajstić information content (AvgIpc) is 2.19. The second-order valence-corrected chi connectivity index (χ2v) is 3.01. The number of alkyl halides is 2. The summed E-state index contributed by atoms with van der Waals surface area (Å²) in [5, 5.41) is 8.75. The van der Waals surface area contributed by atoms with E-state index < -0.39 is 23.9 Å². The van der Waals surface area contributed by atoms with Crippen LogP contribution >= 0.6 is 0 Å². The molecular weight excluding hydrogens is 222 g/mol. The Morgan fingerprint density at radius 1 is 1.50 bits per heavy atom. The second-order valence-electron chi connectivity index (χ2n) is 3.01. The minimum Gasteiger partial charge on any atom is -0.478 e. The van der Waals surface area contributed by atoms with E-state index in [0.29, 0.717) is 11.8 Å². The van der Waals surface area contributed by atoms with Crippen molar-refractivity contribution < 1.29 is 28.2 Å². The Bertz CT molecular complexity index is 429. The number of benzene rings is 1. The van der Waals surface area contributed by atoms with Crippen molar-refractivity contribution in [3.8, 4) is 5.75 Å². The zero-order valence-corrected chi connectivity index (χ0v) is 8.24. The van der Waals surface area contributed by atoms with Gasteiger partial charge in [-0.2, -0.15) is 8.78 Å². The van der Waals surface area contributed by atoms with Gasteiger partial charge in [0.25, 0.3) is 0 Å². The topological polar surface area (TPSA) is 63.6 Å². The molecule has 0 saturated carbocycles. The Balaban J connectivity index is 3.30. The molecule has 0 fully saturated rings. The SMILES string of the molecule is Cc1cc(C(=O)O)c(OC(F)F)cc1C=O. The number of carbonyl (C=O) groups excluding carboxylic acids is 1. The molecule has 0 aliphatic carbocycles. The van der Waals surface area contributed by atoms with Gasteiger partial charge in [-0.25, -0.2) is 4.79 Å². The lowest BCUT2D eigenvalue weighted by atomic mass is 10.0. The number of carboxylic acids is 1. The van der Waals surface area contributed by atoms with Crippen molar-refractivity contribution in [2.75, 3.05) is 0 Å². The highest BCUT2D eigenvalue weighted by Crippen LogP contribution is 2.24. The zero-order valence-electron chi connectivity index (χ0n) is 8.24. The first-order chi connectivity index (χ1) is 7.45. The predicted molar refractivity (Wildman–Crippen MR) is 50.2 cm³/mol. The third kappa shape index (κ3) is 2.53. The van der Waals surface area contributed by atoms with Gasteiger partial charge in [0.1, 0.15) is 17.6 Å². The van der Waals surface area contributed by atoms with Crippen LogP contribution < -0.4 is 4.74 Å². The number of aryl methyl sites for hydroxylation is 1. The highest BCUT2D eigenvalue weighted by atomic mass is 19.3. The fourth-order valence-corrected chi connectivity index (χ4v) is 1.19. The van der Waals surface area contributed by atoms with E-state index in [4.69, 9.17) is 5.11 Å². The summed E-state index contributed by atoms with van der Waals surface area (Å²) in [5.41, 5.74) is 0.0954. The van der Waals surface area contributed by atoms with E-state index in [2.05, 4.69) is 4.74 Å². The van der Waals surface area contributed by atoms with Crippen molar-refractivity contribution in [2.24, 2.45) is 0 Å². The van der Waals surface area contributed by atoms with Crippen molar-refractivity contribution in [3.63, 3.8) is 0 Å². The van der Waals surface area contributed by atoms with Gasteiger partial charge in [-0.3, -0.25) is 4.79 Å². The Hall–Kier alpha value is -1.98. The van der Waals surface area contributed by atoms with Crippen LogP contribution in [0.4, 0.5) is 8.78 Å². The Morgan fingerprint density at radius 2 is 2.12 bits per heavy atom. The summed E-state index contributed by atoms with van der Waals surface area (Å²) in [4.78, 5) is 21.3. The van der Waals surface area contributed by atoms with Crippen molar-refractivity contribution in [1.82, 2.24) is 0 Å². The van der Waals surface area contributed by atoms with Gasteiger partial charge in [0.15, 0.2) is 0 Å². The minimum absolute atomic E-state index is 0.112. The van der Waals surface area contributed by atoms with E-state index in [9.17, 15) is 18.4 Å². The maximum Gasteiger partial charge on any atom is 0.387 e. The maximum absolute atomic E-state index is 12.0. The first-order valence-corrected chi connectivity index (χ1v) is 4.23. The molecule has 0 aromatic heterocycles. The summed E-state index contributed by atoms with van der Waals surface area (Å²) in [6, 6.07) is 2.10. The largest absolute Gasteiger partial charge is 0.478 e. The lowest BCUT2D eigenvalue weighted by Crippen LogP contribution is -2.09. The summed E-state index contributed by atoms with van der Waals surface area (Å²) in [5.74, 6) is -1.91. The van der Waals surface area contributed by atoms with Crippen LogP contribution in [-0.4, -0.2) is 24.0 Å². The van der Waals surface area contributed by atoms with Crippen LogP contribution in [0.15, 0.2) is 12.1 Å². The molecule has 0 bridgehead atoms. The number of halogens is 2. The molecule has 1 aromatic rings. The number of carbonyl (C=O) groups is 2. The molecule has 1 aromatic carbocycles. The molecular formula is C10H8F2O4. The minimum atomic E-state index is -3.14. The van der Waals surface area contributed by atoms with Crippen LogP contribution in [-0.2, 0) is 0 Å². The molecule has 0 aliphatic rings. The fraction of sp³-hybridized carbons (Fsp3) is 0.200. The van der Waals surface area contributed by atoms with Gasteiger partial charge in [0, 0.05) is 5.56 Å². The number of hydrogen-bond acceptors (Lipinski definition) is 3. The van der Waals surface area contributed by atoms with E-state index in [1.165, 1.54) is 6.92 Å². The van der Waals surface area contributed by atoms with Gasteiger partial charge in [-0.05, 0) is 24.6 Å². The zero-order chi connectivity index (χ0) is 12.3. The van der Waals surface area contributed by atoms with Gasteiger partial charge in [-0.1, -0.05) is 0 Å². The smallest absolute Gasteiger partial charge is 0.387 e. The molecule has 1 N–H and O–H groups in total. The Labute approximate surface area is 89.5 Å². The molecule has 1 rings (SSSR count). The monoisotopic (exact) mass is 230 g/mol. The molecule has 0 unspecified atom stereocenters. The molecule has 0 spiro atoms. The first kappa shape index (κ1) is 12.1. The van der Waals surface area contributed by atoms with Gasteiger partial charge in [-0.15, -0.1) is 0 Å². The molecule has 6 heteroatoms. The average molecular weight is 230 g/mol. The molecule has 0 amide bonds. The number of aromatic carboxylic acids is 1. The van der Waals surface area contributed by atoms with Crippen molar-refractivity contribution >= 4 is 12.3 Å². The molecule has 4 nitrogen and oxygen atoms in total. The van der Waals surface area contributed by atoms with E-state index in [0.717, 1.165) is 12.1 Å². The summed E-state index contributed by atoms with van der Waals surface area (Å²) >= 11 is 0. The molecule has 0 saturated heterocycles. The molecule has 0 heterocycles. The van der Waals surface area contributed by atoms with Crippen LogP contribution in [0.1, 0.15) is 26.3 Å². The van der Waals surface area contributed by atoms with E-state index in [1.807, 2.05) is 0 Å². The second kappa shape index (κ2) is 4.69. The van der Waals surface area contributed by atoms with E-state index >= 15 is 0 Å². The normalized spacial score (nSPS) is 10.2. The van der Waals surface area contributed by atoms with Gasteiger partial charge in [0.2, 0.25) is 0 Å². The van der Waals surface area contributed by atoms with Gasteiger partial charge in [0.05, 0.1) is 0 Å². The van der Waals surface area contributed by atoms with E-state index in [1.54, 1.807) is 0 Å².